The predicted molar refractivity (Wildman–Crippen MR) is 94.2 cm³/mol. The molecule has 30 heavy (non-hydrogen) atoms. The molecular formula is C17H19F6N3O3S. The van der Waals surface area contributed by atoms with Crippen LogP contribution in [-0.2, 0) is 27.1 Å². The maximum Gasteiger partial charge on any atom is 0.416 e. The van der Waals surface area contributed by atoms with E-state index in [-0.39, 0.29) is 62.5 Å². The lowest BCUT2D eigenvalue weighted by Gasteiger charge is -2.38. The molecule has 2 heterocycles. The Morgan fingerprint density at radius 2 is 1.47 bits per heavy atom. The van der Waals surface area contributed by atoms with Gasteiger partial charge in [-0.05, 0) is 32.0 Å². The molecule has 1 aromatic carbocycles. The number of guanidine groups is 1. The van der Waals surface area contributed by atoms with Gasteiger partial charge in [-0.1, -0.05) is 0 Å². The smallest absolute Gasteiger partial charge is 0.372 e. The number of alkyl halides is 6. The third-order valence-corrected chi connectivity index (χ3v) is 6.39. The molecular weight excluding hydrogens is 440 g/mol. The van der Waals surface area contributed by atoms with E-state index in [0.717, 1.165) is 4.31 Å². The van der Waals surface area contributed by atoms with E-state index in [4.69, 9.17) is 4.74 Å². The van der Waals surface area contributed by atoms with Gasteiger partial charge in [0, 0.05) is 13.1 Å². The molecule has 0 bridgehead atoms. The number of aliphatic imine (C=N–C) groups is 1. The number of halogens is 6. The Labute approximate surface area is 169 Å². The van der Waals surface area contributed by atoms with Crippen LogP contribution in [0.4, 0.5) is 26.3 Å². The van der Waals surface area contributed by atoms with Crippen molar-refractivity contribution in [2.24, 2.45) is 4.99 Å². The van der Waals surface area contributed by atoms with Crippen LogP contribution < -0.4 is 0 Å². The van der Waals surface area contributed by atoms with Crippen LogP contribution in [0.5, 0.6) is 0 Å². The second-order valence-electron chi connectivity index (χ2n) is 7.16. The quantitative estimate of drug-likeness (QED) is 0.638. The summed E-state index contributed by atoms with van der Waals surface area (Å²) in [4.78, 5) is 4.66. The van der Waals surface area contributed by atoms with Crippen molar-refractivity contribution in [3.63, 3.8) is 0 Å². The van der Waals surface area contributed by atoms with Gasteiger partial charge in [0.2, 0.25) is 5.96 Å². The first-order valence-electron chi connectivity index (χ1n) is 8.96. The Kier molecular flexibility index (Phi) is 5.73. The SMILES string of the molecule is C[C@@H]1CN(C2=NCCN2S(=O)(=O)c2cc(C(F)(F)F)cc(C(F)(F)F)c2)C[C@H](C)O1. The first-order valence-corrected chi connectivity index (χ1v) is 10.4. The fourth-order valence-electron chi connectivity index (χ4n) is 3.45. The minimum Gasteiger partial charge on any atom is -0.372 e. The summed E-state index contributed by atoms with van der Waals surface area (Å²) in [5, 5.41) is 0. The molecule has 0 radical (unpaired) electrons. The Hall–Kier alpha value is -2.02. The van der Waals surface area contributed by atoms with Gasteiger partial charge in [-0.25, -0.2) is 12.7 Å². The van der Waals surface area contributed by atoms with Gasteiger partial charge < -0.3 is 9.64 Å². The van der Waals surface area contributed by atoms with Gasteiger partial charge in [-0.15, -0.1) is 0 Å². The van der Waals surface area contributed by atoms with E-state index in [1.807, 2.05) is 0 Å². The average Bonchev–Trinajstić information content (AvgIpc) is 3.09. The van der Waals surface area contributed by atoms with Crippen molar-refractivity contribution in [1.82, 2.24) is 9.21 Å². The predicted octanol–water partition coefficient (Wildman–Crippen LogP) is 3.19. The van der Waals surface area contributed by atoms with E-state index in [0.29, 0.717) is 0 Å². The minimum absolute atomic E-state index is 0.0111. The zero-order valence-corrected chi connectivity index (χ0v) is 16.8. The Balaban J connectivity index is 2.03. The largest absolute Gasteiger partial charge is 0.416 e. The van der Waals surface area contributed by atoms with Crippen LogP contribution >= 0.6 is 0 Å². The minimum atomic E-state index is -5.15. The lowest BCUT2D eigenvalue weighted by atomic mass is 10.1. The fourth-order valence-corrected chi connectivity index (χ4v) is 4.97. The summed E-state index contributed by atoms with van der Waals surface area (Å²) in [6, 6.07) is 0.319. The topological polar surface area (TPSA) is 62.2 Å². The maximum absolute atomic E-state index is 13.1. The van der Waals surface area contributed by atoms with Crippen LogP contribution in [0.15, 0.2) is 28.1 Å². The Morgan fingerprint density at radius 1 is 0.967 bits per heavy atom. The molecule has 1 aromatic rings. The molecule has 1 fully saturated rings. The number of benzene rings is 1. The van der Waals surface area contributed by atoms with Crippen LogP contribution in [0.3, 0.4) is 0 Å². The highest BCUT2D eigenvalue weighted by atomic mass is 32.2. The maximum atomic E-state index is 13.1. The molecule has 2 atom stereocenters. The molecule has 0 aromatic heterocycles. The Bertz CT molecular complexity index is 903. The number of ether oxygens (including phenoxy) is 1. The average molecular weight is 459 g/mol. The second kappa shape index (κ2) is 7.59. The molecule has 13 heteroatoms. The van der Waals surface area contributed by atoms with Gasteiger partial charge in [0.1, 0.15) is 0 Å². The van der Waals surface area contributed by atoms with E-state index >= 15 is 0 Å². The van der Waals surface area contributed by atoms with Crippen molar-refractivity contribution in [2.45, 2.75) is 43.3 Å². The summed E-state index contributed by atoms with van der Waals surface area (Å²) in [5.74, 6) is -0.0111. The molecule has 6 nitrogen and oxygen atoms in total. The van der Waals surface area contributed by atoms with Gasteiger partial charge >= 0.3 is 12.4 Å². The molecule has 2 aliphatic rings. The molecule has 0 spiro atoms. The van der Waals surface area contributed by atoms with Crippen molar-refractivity contribution < 1.29 is 39.5 Å². The zero-order chi connectivity index (χ0) is 22.5. The monoisotopic (exact) mass is 459 g/mol. The van der Waals surface area contributed by atoms with E-state index in [2.05, 4.69) is 4.99 Å². The van der Waals surface area contributed by atoms with Crippen molar-refractivity contribution in [3.8, 4) is 0 Å². The van der Waals surface area contributed by atoms with Crippen molar-refractivity contribution in [3.05, 3.63) is 29.3 Å². The third-order valence-electron chi connectivity index (χ3n) is 4.63. The summed E-state index contributed by atoms with van der Waals surface area (Å²) >= 11 is 0. The molecule has 168 valence electrons. The molecule has 0 amide bonds. The van der Waals surface area contributed by atoms with Crippen LogP contribution in [-0.4, -0.2) is 62.0 Å². The van der Waals surface area contributed by atoms with Crippen LogP contribution in [0, 0.1) is 0 Å². The fraction of sp³-hybridized carbons (Fsp3) is 0.588. The van der Waals surface area contributed by atoms with Gasteiger partial charge in [-0.2, -0.15) is 26.3 Å². The van der Waals surface area contributed by atoms with E-state index in [1.165, 1.54) is 0 Å². The number of hydrogen-bond acceptors (Lipinski definition) is 5. The van der Waals surface area contributed by atoms with E-state index < -0.39 is 38.4 Å². The van der Waals surface area contributed by atoms with Crippen LogP contribution in [0.2, 0.25) is 0 Å². The van der Waals surface area contributed by atoms with Gasteiger partial charge in [0.25, 0.3) is 10.0 Å². The van der Waals surface area contributed by atoms with Crippen LogP contribution in [0.25, 0.3) is 0 Å². The summed E-state index contributed by atoms with van der Waals surface area (Å²) in [7, 11) is -4.72. The van der Waals surface area contributed by atoms with Crippen molar-refractivity contribution in [1.29, 1.82) is 0 Å². The summed E-state index contributed by atoms with van der Waals surface area (Å²) in [6.07, 6.45) is -10.8. The standard InChI is InChI=1S/C17H19F6N3O3S/c1-10-8-25(9-11(2)29-10)15-24-3-4-26(15)30(27,28)14-6-12(16(18,19)20)5-13(7-14)17(21,22)23/h5-7,10-11H,3-4,8-9H2,1-2H3/t10-,11+. The van der Waals surface area contributed by atoms with Crippen LogP contribution in [0.1, 0.15) is 25.0 Å². The number of rotatable bonds is 2. The first-order chi connectivity index (χ1) is 13.7. The molecule has 0 N–H and O–H groups in total. The molecule has 2 aliphatic heterocycles. The summed E-state index contributed by atoms with van der Waals surface area (Å²) in [5.41, 5.74) is -3.38. The Morgan fingerprint density at radius 3 is 1.93 bits per heavy atom. The zero-order valence-electron chi connectivity index (χ0n) is 16.0. The molecule has 0 unspecified atom stereocenters. The highest BCUT2D eigenvalue weighted by molar-refractivity contribution is 7.89. The number of sulfonamides is 1. The van der Waals surface area contributed by atoms with Gasteiger partial charge in [0.05, 0.1) is 41.3 Å². The lowest BCUT2D eigenvalue weighted by molar-refractivity contribution is -0.143. The number of nitrogens with zero attached hydrogens (tertiary/aromatic N) is 3. The van der Waals surface area contributed by atoms with E-state index in [9.17, 15) is 34.8 Å². The number of morpholine rings is 1. The highest BCUT2D eigenvalue weighted by Gasteiger charge is 2.41. The second-order valence-corrected chi connectivity index (χ2v) is 9.03. The molecule has 1 saturated heterocycles. The normalized spacial score (nSPS) is 23.7. The number of hydrogen-bond donors (Lipinski definition) is 0. The highest BCUT2D eigenvalue weighted by Crippen LogP contribution is 2.38. The first kappa shape index (κ1) is 22.7. The third kappa shape index (κ3) is 4.51. The summed E-state index contributed by atoms with van der Waals surface area (Å²) < 4.78 is 111. The molecule has 3 rings (SSSR count). The molecule has 0 aliphatic carbocycles. The molecule has 0 saturated carbocycles. The van der Waals surface area contributed by atoms with Crippen molar-refractivity contribution >= 4 is 16.0 Å². The van der Waals surface area contributed by atoms with Gasteiger partial charge in [0.15, 0.2) is 0 Å². The van der Waals surface area contributed by atoms with E-state index in [1.54, 1.807) is 18.7 Å². The summed E-state index contributed by atoms with van der Waals surface area (Å²) in [6.45, 7) is 3.95. The van der Waals surface area contributed by atoms with Gasteiger partial charge in [-0.3, -0.25) is 4.99 Å². The lowest BCUT2D eigenvalue weighted by Crippen LogP contribution is -2.53. The van der Waals surface area contributed by atoms with Crippen molar-refractivity contribution in [2.75, 3.05) is 26.2 Å².